The molecular weight excluding hydrogens is 410 g/mol. The van der Waals surface area contributed by atoms with E-state index in [1.807, 2.05) is 60.8 Å². The maximum absolute atomic E-state index is 11.3. The van der Waals surface area contributed by atoms with E-state index in [0.29, 0.717) is 12.3 Å². The van der Waals surface area contributed by atoms with E-state index in [1.54, 1.807) is 0 Å². The van der Waals surface area contributed by atoms with Crippen LogP contribution in [0.3, 0.4) is 0 Å². The standard InChI is InChI=1S/C24H24ClN5O/c1-15-21(13-14-25)23(28-20-11-9-19(10-12-20)27-17(3)31)30-24(26-15)22(16(2)29-30)18-7-5-4-6-8-18/h4-12,28H,13-14H2,1-3H3,(H,27,31). The van der Waals surface area contributed by atoms with Gasteiger partial charge in [0.05, 0.1) is 5.69 Å². The Hall–Kier alpha value is -3.38. The number of fused-ring (bicyclic) bond motifs is 1. The van der Waals surface area contributed by atoms with Crippen LogP contribution in [0.2, 0.25) is 0 Å². The first-order valence-electron chi connectivity index (χ1n) is 10.1. The lowest BCUT2D eigenvalue weighted by Crippen LogP contribution is -2.09. The van der Waals surface area contributed by atoms with Crippen LogP contribution < -0.4 is 10.6 Å². The van der Waals surface area contributed by atoms with Crippen LogP contribution >= 0.6 is 11.6 Å². The van der Waals surface area contributed by atoms with Crippen molar-refractivity contribution < 1.29 is 4.79 Å². The smallest absolute Gasteiger partial charge is 0.221 e. The van der Waals surface area contributed by atoms with Crippen molar-refractivity contribution >= 4 is 40.3 Å². The molecule has 0 bridgehead atoms. The number of nitrogens with one attached hydrogen (secondary N) is 2. The van der Waals surface area contributed by atoms with E-state index in [-0.39, 0.29) is 5.91 Å². The fourth-order valence-electron chi connectivity index (χ4n) is 3.74. The van der Waals surface area contributed by atoms with Crippen LogP contribution in [-0.4, -0.2) is 26.4 Å². The van der Waals surface area contributed by atoms with E-state index in [0.717, 1.165) is 50.9 Å². The third-order valence-corrected chi connectivity index (χ3v) is 5.31. The summed E-state index contributed by atoms with van der Waals surface area (Å²) in [5, 5.41) is 11.1. The zero-order valence-electron chi connectivity index (χ0n) is 17.7. The summed E-state index contributed by atoms with van der Waals surface area (Å²) in [5.41, 5.74) is 7.38. The molecule has 2 N–H and O–H groups in total. The Morgan fingerprint density at radius 3 is 2.32 bits per heavy atom. The number of halogens is 1. The number of amides is 1. The van der Waals surface area contributed by atoms with Crippen LogP contribution in [0, 0.1) is 13.8 Å². The molecule has 0 radical (unpaired) electrons. The van der Waals surface area contributed by atoms with Crippen molar-refractivity contribution in [2.75, 3.05) is 16.5 Å². The normalized spacial score (nSPS) is 11.0. The third kappa shape index (κ3) is 4.25. The van der Waals surface area contributed by atoms with Crippen molar-refractivity contribution in [1.29, 1.82) is 0 Å². The summed E-state index contributed by atoms with van der Waals surface area (Å²) in [5.74, 6) is 1.23. The molecule has 7 heteroatoms. The number of hydrogen-bond donors (Lipinski definition) is 2. The Kier molecular flexibility index (Phi) is 5.91. The van der Waals surface area contributed by atoms with Gasteiger partial charge in [0.2, 0.25) is 5.91 Å². The molecule has 0 aliphatic rings. The van der Waals surface area contributed by atoms with Gasteiger partial charge in [-0.25, -0.2) is 4.98 Å². The predicted octanol–water partition coefficient (Wildman–Crippen LogP) is 5.50. The second-order valence-corrected chi connectivity index (χ2v) is 7.79. The molecule has 2 heterocycles. The number of hydrogen-bond acceptors (Lipinski definition) is 4. The van der Waals surface area contributed by atoms with Crippen molar-refractivity contribution in [2.45, 2.75) is 27.2 Å². The van der Waals surface area contributed by atoms with Crippen molar-refractivity contribution in [1.82, 2.24) is 14.6 Å². The minimum atomic E-state index is -0.1000. The average molecular weight is 434 g/mol. The van der Waals surface area contributed by atoms with E-state index in [2.05, 4.69) is 22.8 Å². The number of carbonyl (C=O) groups excluding carboxylic acids is 1. The SMILES string of the molecule is CC(=O)Nc1ccc(Nc2c(CCCl)c(C)nc3c(-c4ccccc4)c(C)nn23)cc1. The fourth-order valence-corrected chi connectivity index (χ4v) is 3.93. The predicted molar refractivity (Wildman–Crippen MR) is 126 cm³/mol. The maximum Gasteiger partial charge on any atom is 0.221 e. The van der Waals surface area contributed by atoms with Gasteiger partial charge in [0.15, 0.2) is 5.65 Å². The Balaban J connectivity index is 1.84. The number of carbonyl (C=O) groups is 1. The molecule has 6 nitrogen and oxygen atoms in total. The number of benzene rings is 2. The largest absolute Gasteiger partial charge is 0.340 e. The zero-order chi connectivity index (χ0) is 22.0. The summed E-state index contributed by atoms with van der Waals surface area (Å²) in [6.07, 6.45) is 0.669. The van der Waals surface area contributed by atoms with E-state index in [4.69, 9.17) is 21.7 Å². The Morgan fingerprint density at radius 2 is 1.68 bits per heavy atom. The van der Waals surface area contributed by atoms with Crippen molar-refractivity contribution in [3.05, 3.63) is 71.5 Å². The number of nitrogens with zero attached hydrogens (tertiary/aromatic N) is 3. The molecule has 31 heavy (non-hydrogen) atoms. The lowest BCUT2D eigenvalue weighted by Gasteiger charge is -2.16. The van der Waals surface area contributed by atoms with E-state index in [9.17, 15) is 4.79 Å². The summed E-state index contributed by atoms with van der Waals surface area (Å²) >= 11 is 6.11. The van der Waals surface area contributed by atoms with Crippen molar-refractivity contribution in [3.8, 4) is 11.1 Å². The van der Waals surface area contributed by atoms with Gasteiger partial charge in [0.1, 0.15) is 5.82 Å². The summed E-state index contributed by atoms with van der Waals surface area (Å²) in [6, 6.07) is 17.7. The molecule has 0 saturated heterocycles. The Morgan fingerprint density at radius 1 is 1.00 bits per heavy atom. The van der Waals surface area contributed by atoms with Gasteiger partial charge >= 0.3 is 0 Å². The second-order valence-electron chi connectivity index (χ2n) is 7.41. The number of aromatic nitrogens is 3. The van der Waals surface area contributed by atoms with Gasteiger partial charge < -0.3 is 10.6 Å². The summed E-state index contributed by atoms with van der Waals surface area (Å²) < 4.78 is 1.87. The van der Waals surface area contributed by atoms with Crippen LogP contribution in [0.15, 0.2) is 54.6 Å². The second kappa shape index (κ2) is 8.78. The van der Waals surface area contributed by atoms with Crippen LogP contribution in [0.1, 0.15) is 23.9 Å². The number of alkyl halides is 1. The number of rotatable bonds is 6. The highest BCUT2D eigenvalue weighted by atomic mass is 35.5. The molecule has 158 valence electrons. The highest BCUT2D eigenvalue weighted by Crippen LogP contribution is 2.32. The molecule has 0 atom stereocenters. The van der Waals surface area contributed by atoms with Crippen LogP contribution in [0.4, 0.5) is 17.2 Å². The minimum absolute atomic E-state index is 0.1000. The molecule has 4 aromatic rings. The molecule has 1 amide bonds. The van der Waals surface area contributed by atoms with Gasteiger partial charge in [0.25, 0.3) is 0 Å². The number of anilines is 3. The van der Waals surface area contributed by atoms with Gasteiger partial charge in [-0.2, -0.15) is 9.61 Å². The quantitative estimate of drug-likeness (QED) is 0.394. The van der Waals surface area contributed by atoms with Crippen molar-refractivity contribution in [2.24, 2.45) is 0 Å². The number of aryl methyl sites for hydroxylation is 2. The first kappa shape index (κ1) is 20.9. The topological polar surface area (TPSA) is 71.3 Å². The van der Waals surface area contributed by atoms with Gasteiger partial charge in [-0.05, 0) is 50.1 Å². The van der Waals surface area contributed by atoms with Gasteiger partial charge in [0, 0.05) is 41.0 Å². The van der Waals surface area contributed by atoms with Crippen LogP contribution in [-0.2, 0) is 11.2 Å². The molecule has 0 fully saturated rings. The van der Waals surface area contributed by atoms with Gasteiger partial charge in [-0.15, -0.1) is 11.6 Å². The lowest BCUT2D eigenvalue weighted by atomic mass is 10.1. The molecule has 0 aliphatic heterocycles. The van der Waals surface area contributed by atoms with Crippen molar-refractivity contribution in [3.63, 3.8) is 0 Å². The van der Waals surface area contributed by atoms with Crippen LogP contribution in [0.25, 0.3) is 16.8 Å². The molecule has 2 aromatic carbocycles. The highest BCUT2D eigenvalue weighted by Gasteiger charge is 2.20. The molecule has 4 rings (SSSR count). The van der Waals surface area contributed by atoms with E-state index < -0.39 is 0 Å². The lowest BCUT2D eigenvalue weighted by molar-refractivity contribution is -0.114. The average Bonchev–Trinajstić information content (AvgIpc) is 3.07. The summed E-state index contributed by atoms with van der Waals surface area (Å²) in [7, 11) is 0. The van der Waals surface area contributed by atoms with E-state index in [1.165, 1.54) is 6.92 Å². The highest BCUT2D eigenvalue weighted by molar-refractivity contribution is 6.18. The Bertz CT molecular complexity index is 1230. The molecule has 2 aromatic heterocycles. The molecule has 0 unspecified atom stereocenters. The first-order chi connectivity index (χ1) is 15.0. The minimum Gasteiger partial charge on any atom is -0.340 e. The van der Waals surface area contributed by atoms with Gasteiger partial charge in [-0.3, -0.25) is 4.79 Å². The molecule has 0 saturated carbocycles. The molecular formula is C24H24ClN5O. The maximum atomic E-state index is 11.3. The monoisotopic (exact) mass is 433 g/mol. The third-order valence-electron chi connectivity index (χ3n) is 5.12. The van der Waals surface area contributed by atoms with E-state index >= 15 is 0 Å². The Labute approximate surface area is 186 Å². The molecule has 0 spiro atoms. The van der Waals surface area contributed by atoms with Gasteiger partial charge in [-0.1, -0.05) is 30.3 Å². The zero-order valence-corrected chi connectivity index (χ0v) is 18.5. The first-order valence-corrected chi connectivity index (χ1v) is 10.7. The summed E-state index contributed by atoms with van der Waals surface area (Å²) in [6.45, 7) is 5.50. The molecule has 0 aliphatic carbocycles. The fraction of sp³-hybridized carbons (Fsp3) is 0.208. The summed E-state index contributed by atoms with van der Waals surface area (Å²) in [4.78, 5) is 16.2. The van der Waals surface area contributed by atoms with Crippen LogP contribution in [0.5, 0.6) is 0 Å².